The highest BCUT2D eigenvalue weighted by Crippen LogP contribution is 2.34. The standard InChI is InChI=1S/C14H10F2N4/c15-14(16,13-17-19-20-18-13)12-8-4-7-11(9-12)10-5-2-1-3-6-10/h1-9H,(H,17,18,19,20). The summed E-state index contributed by atoms with van der Waals surface area (Å²) in [6.45, 7) is 0. The van der Waals surface area contributed by atoms with Gasteiger partial charge in [-0.05, 0) is 22.4 Å². The molecule has 3 rings (SSSR count). The van der Waals surface area contributed by atoms with Crippen molar-refractivity contribution < 1.29 is 8.78 Å². The average molecular weight is 272 g/mol. The summed E-state index contributed by atoms with van der Waals surface area (Å²) in [5, 5.41) is 12.0. The molecule has 0 radical (unpaired) electrons. The molecule has 0 amide bonds. The Bertz CT molecular complexity index is 696. The number of nitrogens with zero attached hydrogens (tertiary/aromatic N) is 3. The van der Waals surface area contributed by atoms with Gasteiger partial charge in [-0.25, -0.2) is 0 Å². The van der Waals surface area contributed by atoms with E-state index in [-0.39, 0.29) is 5.56 Å². The van der Waals surface area contributed by atoms with Gasteiger partial charge in [0.1, 0.15) is 0 Å². The van der Waals surface area contributed by atoms with E-state index in [0.29, 0.717) is 5.56 Å². The second-order valence-corrected chi connectivity index (χ2v) is 4.26. The molecule has 0 aliphatic heterocycles. The molecule has 100 valence electrons. The summed E-state index contributed by atoms with van der Waals surface area (Å²) in [6, 6.07) is 15.5. The van der Waals surface area contributed by atoms with Crippen molar-refractivity contribution in [3.63, 3.8) is 0 Å². The fraction of sp³-hybridized carbons (Fsp3) is 0.0714. The number of halogens is 2. The van der Waals surface area contributed by atoms with Crippen molar-refractivity contribution in [1.82, 2.24) is 20.6 Å². The molecule has 0 unspecified atom stereocenters. The van der Waals surface area contributed by atoms with E-state index in [4.69, 9.17) is 0 Å². The maximum atomic E-state index is 14.2. The molecule has 0 aliphatic carbocycles. The third-order valence-corrected chi connectivity index (χ3v) is 2.96. The minimum atomic E-state index is -3.28. The van der Waals surface area contributed by atoms with Crippen molar-refractivity contribution in [3.8, 4) is 11.1 Å². The Labute approximate surface area is 113 Å². The summed E-state index contributed by atoms with van der Waals surface area (Å²) in [6.07, 6.45) is 0. The van der Waals surface area contributed by atoms with Crippen LogP contribution in [-0.2, 0) is 5.92 Å². The highest BCUT2D eigenvalue weighted by Gasteiger charge is 2.38. The predicted octanol–water partition coefficient (Wildman–Crippen LogP) is 3.01. The van der Waals surface area contributed by atoms with Crippen LogP contribution in [0.3, 0.4) is 0 Å². The zero-order valence-corrected chi connectivity index (χ0v) is 10.3. The fourth-order valence-electron chi connectivity index (χ4n) is 1.95. The van der Waals surface area contributed by atoms with E-state index in [1.54, 1.807) is 12.1 Å². The first kappa shape index (κ1) is 12.4. The first-order chi connectivity index (χ1) is 9.68. The lowest BCUT2D eigenvalue weighted by atomic mass is 10.00. The molecule has 1 aromatic heterocycles. The number of hydrogen-bond donors (Lipinski definition) is 1. The van der Waals surface area contributed by atoms with Crippen LogP contribution in [0.1, 0.15) is 11.4 Å². The quantitative estimate of drug-likeness (QED) is 0.797. The van der Waals surface area contributed by atoms with E-state index in [1.807, 2.05) is 30.3 Å². The Hall–Kier alpha value is -2.63. The fourth-order valence-corrected chi connectivity index (χ4v) is 1.95. The van der Waals surface area contributed by atoms with E-state index >= 15 is 0 Å². The minimum Gasteiger partial charge on any atom is -0.192 e. The van der Waals surface area contributed by atoms with Crippen molar-refractivity contribution in [2.24, 2.45) is 0 Å². The van der Waals surface area contributed by atoms with Crippen molar-refractivity contribution >= 4 is 0 Å². The number of alkyl halides is 2. The molecule has 4 nitrogen and oxygen atoms in total. The maximum Gasteiger partial charge on any atom is 0.335 e. The second kappa shape index (κ2) is 4.80. The molecule has 0 saturated carbocycles. The van der Waals surface area contributed by atoms with Crippen LogP contribution in [0, 0.1) is 0 Å². The van der Waals surface area contributed by atoms with Crippen LogP contribution < -0.4 is 0 Å². The van der Waals surface area contributed by atoms with Gasteiger partial charge in [0, 0.05) is 5.56 Å². The lowest BCUT2D eigenvalue weighted by Crippen LogP contribution is -2.17. The normalized spacial score (nSPS) is 11.5. The number of benzene rings is 2. The van der Waals surface area contributed by atoms with Crippen LogP contribution in [0.5, 0.6) is 0 Å². The monoisotopic (exact) mass is 272 g/mol. The van der Waals surface area contributed by atoms with Gasteiger partial charge in [0.05, 0.1) is 0 Å². The molecule has 0 bridgehead atoms. The molecule has 2 aromatic carbocycles. The Morgan fingerprint density at radius 1 is 0.900 bits per heavy atom. The Morgan fingerprint density at radius 2 is 1.65 bits per heavy atom. The summed E-state index contributed by atoms with van der Waals surface area (Å²) < 4.78 is 28.5. The van der Waals surface area contributed by atoms with Gasteiger partial charge in [0.25, 0.3) is 0 Å². The Balaban J connectivity index is 2.04. The highest BCUT2D eigenvalue weighted by atomic mass is 19.3. The summed E-state index contributed by atoms with van der Waals surface area (Å²) in [5.41, 5.74) is 1.42. The van der Waals surface area contributed by atoms with Gasteiger partial charge in [0.15, 0.2) is 0 Å². The van der Waals surface area contributed by atoms with Crippen LogP contribution in [-0.4, -0.2) is 20.6 Å². The van der Waals surface area contributed by atoms with Gasteiger partial charge in [-0.3, -0.25) is 0 Å². The topological polar surface area (TPSA) is 54.5 Å². The lowest BCUT2D eigenvalue weighted by molar-refractivity contribution is 0.0329. The Kier molecular flexibility index (Phi) is 2.98. The molecule has 0 saturated heterocycles. The minimum absolute atomic E-state index is 0.166. The van der Waals surface area contributed by atoms with Gasteiger partial charge >= 0.3 is 5.92 Å². The number of H-pyrrole nitrogens is 1. The SMILES string of the molecule is FC(F)(c1cccc(-c2ccccc2)c1)c1nn[nH]n1. The molecule has 20 heavy (non-hydrogen) atoms. The largest absolute Gasteiger partial charge is 0.335 e. The van der Waals surface area contributed by atoms with Crippen molar-refractivity contribution in [2.45, 2.75) is 5.92 Å². The van der Waals surface area contributed by atoms with Crippen LogP contribution in [0.15, 0.2) is 54.6 Å². The molecule has 0 spiro atoms. The molecular formula is C14H10F2N4. The van der Waals surface area contributed by atoms with Crippen LogP contribution >= 0.6 is 0 Å². The second-order valence-electron chi connectivity index (χ2n) is 4.26. The third-order valence-electron chi connectivity index (χ3n) is 2.96. The van der Waals surface area contributed by atoms with Crippen molar-refractivity contribution in [1.29, 1.82) is 0 Å². The maximum absolute atomic E-state index is 14.2. The number of hydrogen-bond acceptors (Lipinski definition) is 3. The third kappa shape index (κ3) is 2.16. The summed E-state index contributed by atoms with van der Waals surface area (Å²) in [4.78, 5) is 0. The summed E-state index contributed by atoms with van der Waals surface area (Å²) >= 11 is 0. The van der Waals surface area contributed by atoms with E-state index in [0.717, 1.165) is 5.56 Å². The van der Waals surface area contributed by atoms with Crippen molar-refractivity contribution in [2.75, 3.05) is 0 Å². The molecule has 0 atom stereocenters. The number of tetrazole rings is 1. The van der Waals surface area contributed by atoms with Gasteiger partial charge in [0.2, 0.25) is 5.82 Å². The molecule has 1 heterocycles. The van der Waals surface area contributed by atoms with Crippen LogP contribution in [0.4, 0.5) is 8.78 Å². The molecule has 3 aromatic rings. The molecule has 0 aliphatic rings. The Morgan fingerprint density at radius 3 is 2.35 bits per heavy atom. The van der Waals surface area contributed by atoms with E-state index in [2.05, 4.69) is 20.6 Å². The first-order valence-corrected chi connectivity index (χ1v) is 5.95. The van der Waals surface area contributed by atoms with E-state index < -0.39 is 11.7 Å². The van der Waals surface area contributed by atoms with Crippen molar-refractivity contribution in [3.05, 3.63) is 66.0 Å². The van der Waals surface area contributed by atoms with Crippen LogP contribution in [0.2, 0.25) is 0 Å². The molecular weight excluding hydrogens is 262 g/mol. The van der Waals surface area contributed by atoms with E-state index in [9.17, 15) is 8.78 Å². The van der Waals surface area contributed by atoms with Crippen LogP contribution in [0.25, 0.3) is 11.1 Å². The number of nitrogens with one attached hydrogen (secondary N) is 1. The molecule has 6 heteroatoms. The van der Waals surface area contributed by atoms with Gasteiger partial charge in [-0.2, -0.15) is 14.0 Å². The number of aromatic amines is 1. The van der Waals surface area contributed by atoms with Gasteiger partial charge < -0.3 is 0 Å². The highest BCUT2D eigenvalue weighted by molar-refractivity contribution is 5.64. The zero-order valence-electron chi connectivity index (χ0n) is 10.3. The zero-order chi connectivity index (χ0) is 14.0. The van der Waals surface area contributed by atoms with Gasteiger partial charge in [-0.15, -0.1) is 10.2 Å². The molecule has 0 fully saturated rings. The first-order valence-electron chi connectivity index (χ1n) is 5.95. The number of rotatable bonds is 3. The summed E-state index contributed by atoms with van der Waals surface area (Å²) in [7, 11) is 0. The molecule has 1 N–H and O–H groups in total. The summed E-state index contributed by atoms with van der Waals surface area (Å²) in [5.74, 6) is -3.92. The smallest absolute Gasteiger partial charge is 0.192 e. The average Bonchev–Trinajstić information content (AvgIpc) is 3.03. The van der Waals surface area contributed by atoms with Gasteiger partial charge in [-0.1, -0.05) is 48.5 Å². The predicted molar refractivity (Wildman–Crippen MR) is 69.1 cm³/mol. The van der Waals surface area contributed by atoms with E-state index in [1.165, 1.54) is 12.1 Å². The lowest BCUT2D eigenvalue weighted by Gasteiger charge is -2.13. The number of aromatic nitrogens is 4.